The largest absolute Gasteiger partial charge is 0.511 e. The van der Waals surface area contributed by atoms with Crippen molar-refractivity contribution in [1.29, 1.82) is 0 Å². The number of carboxylic acids is 1. The molecule has 1 saturated heterocycles. The van der Waals surface area contributed by atoms with E-state index in [0.717, 1.165) is 43.9 Å². The van der Waals surface area contributed by atoms with Crippen molar-refractivity contribution in [3.05, 3.63) is 29.3 Å². The molecule has 1 aromatic rings. The third-order valence-corrected chi connectivity index (χ3v) is 7.48. The molecule has 10 heteroatoms. The number of rotatable bonds is 8. The zero-order valence-electron chi connectivity index (χ0n) is 20.7. The van der Waals surface area contributed by atoms with Crippen LogP contribution in [0.1, 0.15) is 75.8 Å². The number of carbonyl (C=O) groups is 2. The molecule has 202 valence electrons. The average molecular weight is 516 g/mol. The van der Waals surface area contributed by atoms with E-state index in [1.807, 2.05) is 6.07 Å². The Morgan fingerprint density at radius 1 is 1.14 bits per heavy atom. The molecular formula is C26H36F3NO6. The van der Waals surface area contributed by atoms with E-state index in [9.17, 15) is 18.0 Å². The Bertz CT molecular complexity index is 889. The summed E-state index contributed by atoms with van der Waals surface area (Å²) in [5.74, 6) is -1.23. The van der Waals surface area contributed by atoms with Gasteiger partial charge in [-0.25, -0.2) is 9.59 Å². The average Bonchev–Trinajstić information content (AvgIpc) is 2.84. The van der Waals surface area contributed by atoms with E-state index in [1.54, 1.807) is 0 Å². The Morgan fingerprint density at radius 3 is 2.64 bits per heavy atom. The normalized spacial score (nSPS) is 24.3. The molecule has 0 amide bonds. The third-order valence-electron chi connectivity index (χ3n) is 7.48. The number of nitrogens with one attached hydrogen (secondary N) is 1. The Kier molecular flexibility index (Phi) is 9.87. The van der Waals surface area contributed by atoms with Gasteiger partial charge in [0.1, 0.15) is 5.75 Å². The molecule has 1 heterocycles. The SMILES string of the molecule is CCCCCCOC(=O)OCOc1ccc2c(c1)[C@]13CCCC[C@@H]1[C@@H](C2)NCC3.O=C(O)C(F)(F)F. The molecule has 2 aliphatic carbocycles. The number of ether oxygens (including phenoxy) is 3. The van der Waals surface area contributed by atoms with Gasteiger partial charge in [0, 0.05) is 11.5 Å². The molecule has 2 bridgehead atoms. The molecule has 0 radical (unpaired) electrons. The molecule has 0 spiro atoms. The molecule has 2 N–H and O–H groups in total. The van der Waals surface area contributed by atoms with Gasteiger partial charge in [-0.15, -0.1) is 0 Å². The summed E-state index contributed by atoms with van der Waals surface area (Å²) in [4.78, 5) is 20.6. The lowest BCUT2D eigenvalue weighted by Gasteiger charge is -2.56. The highest BCUT2D eigenvalue weighted by Crippen LogP contribution is 2.54. The van der Waals surface area contributed by atoms with Crippen molar-refractivity contribution >= 4 is 12.1 Å². The quantitative estimate of drug-likeness (QED) is 0.259. The van der Waals surface area contributed by atoms with Gasteiger partial charge < -0.3 is 24.6 Å². The topological polar surface area (TPSA) is 94.1 Å². The number of aliphatic carboxylic acids is 1. The summed E-state index contributed by atoms with van der Waals surface area (Å²) in [6.45, 7) is 3.58. The second kappa shape index (κ2) is 12.7. The molecule has 1 aromatic carbocycles. The molecule has 0 aromatic heterocycles. The van der Waals surface area contributed by atoms with E-state index in [-0.39, 0.29) is 6.79 Å². The smallest absolute Gasteiger partial charge is 0.475 e. The van der Waals surface area contributed by atoms with Gasteiger partial charge in [-0.3, -0.25) is 0 Å². The summed E-state index contributed by atoms with van der Waals surface area (Å²) in [5.41, 5.74) is 3.25. The number of halogens is 3. The molecule has 0 unspecified atom stereocenters. The van der Waals surface area contributed by atoms with Crippen LogP contribution < -0.4 is 10.1 Å². The van der Waals surface area contributed by atoms with Crippen LogP contribution in [0.4, 0.5) is 18.0 Å². The number of unbranched alkanes of at least 4 members (excludes halogenated alkanes) is 3. The van der Waals surface area contributed by atoms with Crippen molar-refractivity contribution in [2.45, 2.75) is 88.8 Å². The van der Waals surface area contributed by atoms with Gasteiger partial charge in [0.15, 0.2) is 0 Å². The maximum Gasteiger partial charge on any atom is 0.511 e. The molecule has 4 rings (SSSR count). The molecule has 1 aliphatic heterocycles. The molecule has 3 atom stereocenters. The van der Waals surface area contributed by atoms with Crippen LogP contribution >= 0.6 is 0 Å². The fraction of sp³-hybridized carbons (Fsp3) is 0.692. The minimum atomic E-state index is -5.08. The first-order valence-corrected chi connectivity index (χ1v) is 12.8. The van der Waals surface area contributed by atoms with Crippen LogP contribution in [0, 0.1) is 5.92 Å². The van der Waals surface area contributed by atoms with E-state index in [1.165, 1.54) is 49.7 Å². The van der Waals surface area contributed by atoms with E-state index in [0.29, 0.717) is 18.1 Å². The van der Waals surface area contributed by atoms with Gasteiger partial charge in [-0.2, -0.15) is 13.2 Å². The van der Waals surface area contributed by atoms with E-state index in [4.69, 9.17) is 24.1 Å². The minimum Gasteiger partial charge on any atom is -0.475 e. The van der Waals surface area contributed by atoms with Crippen LogP contribution in [0.25, 0.3) is 0 Å². The fourth-order valence-corrected chi connectivity index (χ4v) is 5.86. The van der Waals surface area contributed by atoms with Crippen molar-refractivity contribution in [2.75, 3.05) is 19.9 Å². The number of fused-ring (bicyclic) bond motifs is 1. The van der Waals surface area contributed by atoms with Crippen LogP contribution in [0.3, 0.4) is 0 Å². The van der Waals surface area contributed by atoms with Crippen molar-refractivity contribution in [3.8, 4) is 5.75 Å². The lowest BCUT2D eigenvalue weighted by molar-refractivity contribution is -0.192. The maximum atomic E-state index is 11.7. The lowest BCUT2D eigenvalue weighted by Crippen LogP contribution is -2.59. The Labute approximate surface area is 209 Å². The van der Waals surface area contributed by atoms with Gasteiger partial charge >= 0.3 is 18.3 Å². The maximum absolute atomic E-state index is 11.7. The molecule has 7 nitrogen and oxygen atoms in total. The number of hydrogen-bond donors (Lipinski definition) is 2. The zero-order chi connectivity index (χ0) is 26.2. The highest BCUT2D eigenvalue weighted by Gasteiger charge is 2.51. The molecule has 3 aliphatic rings. The number of carboxylic acid groups (broad SMARTS) is 1. The van der Waals surface area contributed by atoms with E-state index >= 15 is 0 Å². The molecule has 1 saturated carbocycles. The summed E-state index contributed by atoms with van der Waals surface area (Å²) < 4.78 is 47.7. The van der Waals surface area contributed by atoms with Gasteiger partial charge in [0.25, 0.3) is 0 Å². The van der Waals surface area contributed by atoms with Gasteiger partial charge in [-0.1, -0.05) is 45.1 Å². The van der Waals surface area contributed by atoms with E-state index in [2.05, 4.69) is 24.4 Å². The summed E-state index contributed by atoms with van der Waals surface area (Å²) in [6, 6.07) is 7.06. The Morgan fingerprint density at radius 2 is 1.92 bits per heavy atom. The molecule has 2 fully saturated rings. The second-order valence-corrected chi connectivity index (χ2v) is 9.71. The Hall–Kier alpha value is -2.49. The van der Waals surface area contributed by atoms with Crippen LogP contribution in [-0.4, -0.2) is 49.4 Å². The van der Waals surface area contributed by atoms with Crippen molar-refractivity contribution in [2.24, 2.45) is 5.92 Å². The first-order chi connectivity index (χ1) is 17.2. The standard InChI is InChI=1S/C24H35NO4.C2HF3O2/c1-2-3-4-7-14-27-23(26)29-17-28-19-10-9-18-15-22-20-8-5-6-11-24(20,12-13-25-22)21(18)16-19;3-2(4,5)1(6)7/h9-10,16,20,22,25H,2-8,11-15,17H2,1H3;(H,6,7)/t20-,22-,24+;/m1./s1. The number of piperidine rings is 1. The minimum absolute atomic E-state index is 0.104. The highest BCUT2D eigenvalue weighted by atomic mass is 19.4. The first kappa shape index (κ1) is 28.1. The first-order valence-electron chi connectivity index (χ1n) is 12.8. The van der Waals surface area contributed by atoms with Crippen LogP contribution in [-0.2, 0) is 26.1 Å². The summed E-state index contributed by atoms with van der Waals surface area (Å²) in [6.07, 6.45) is 6.17. The van der Waals surface area contributed by atoms with Crippen LogP contribution in [0.15, 0.2) is 18.2 Å². The predicted octanol–water partition coefficient (Wildman–Crippen LogP) is 5.74. The lowest BCUT2D eigenvalue weighted by atomic mass is 9.53. The van der Waals surface area contributed by atoms with Crippen molar-refractivity contribution in [1.82, 2.24) is 5.32 Å². The summed E-state index contributed by atoms with van der Waals surface area (Å²) >= 11 is 0. The zero-order valence-corrected chi connectivity index (χ0v) is 20.7. The van der Waals surface area contributed by atoms with Crippen molar-refractivity contribution in [3.63, 3.8) is 0 Å². The van der Waals surface area contributed by atoms with Gasteiger partial charge in [-0.05, 0) is 67.8 Å². The molecular weight excluding hydrogens is 479 g/mol. The number of alkyl halides is 3. The summed E-state index contributed by atoms with van der Waals surface area (Å²) in [7, 11) is 0. The summed E-state index contributed by atoms with van der Waals surface area (Å²) in [5, 5.41) is 10.9. The number of hydrogen-bond acceptors (Lipinski definition) is 6. The number of benzene rings is 1. The highest BCUT2D eigenvalue weighted by molar-refractivity contribution is 5.73. The van der Waals surface area contributed by atoms with Gasteiger partial charge in [0.05, 0.1) is 6.61 Å². The molecule has 36 heavy (non-hydrogen) atoms. The van der Waals surface area contributed by atoms with Crippen LogP contribution in [0.5, 0.6) is 5.75 Å². The monoisotopic (exact) mass is 515 g/mol. The second-order valence-electron chi connectivity index (χ2n) is 9.71. The van der Waals surface area contributed by atoms with E-state index < -0.39 is 18.3 Å². The number of carbonyl (C=O) groups excluding carboxylic acids is 1. The predicted molar refractivity (Wildman–Crippen MR) is 126 cm³/mol. The van der Waals surface area contributed by atoms with Crippen molar-refractivity contribution < 1.29 is 42.1 Å². The fourth-order valence-electron chi connectivity index (χ4n) is 5.86. The van der Waals surface area contributed by atoms with Gasteiger partial charge in [0.2, 0.25) is 6.79 Å². The third kappa shape index (κ3) is 7.05. The Balaban J connectivity index is 0.000000454. The van der Waals surface area contributed by atoms with Crippen LogP contribution in [0.2, 0.25) is 0 Å².